The zero-order valence-electron chi connectivity index (χ0n) is 16.4. The fourth-order valence-electron chi connectivity index (χ4n) is 4.65. The Hall–Kier alpha value is -2.76. The third-order valence-electron chi connectivity index (χ3n) is 6.13. The van der Waals surface area contributed by atoms with Crippen molar-refractivity contribution in [2.75, 3.05) is 31.7 Å². The van der Waals surface area contributed by atoms with Gasteiger partial charge in [-0.05, 0) is 41.0 Å². The lowest BCUT2D eigenvalue weighted by molar-refractivity contribution is -0.120. The predicted octanol–water partition coefficient (Wildman–Crippen LogP) is 3.31. The molecule has 5 heteroatoms. The van der Waals surface area contributed by atoms with E-state index in [0.717, 1.165) is 34.9 Å². The summed E-state index contributed by atoms with van der Waals surface area (Å²) in [6.45, 7) is 2.08. The molecule has 0 saturated heterocycles. The van der Waals surface area contributed by atoms with Crippen molar-refractivity contribution in [1.29, 1.82) is 0 Å². The monoisotopic (exact) mass is 391 g/mol. The molecule has 2 aliphatic heterocycles. The summed E-state index contributed by atoms with van der Waals surface area (Å²) in [7, 11) is 2.07. The number of allylic oxidation sites excluding steroid dienone is 1. The maximum absolute atomic E-state index is 10.3. The highest BCUT2D eigenvalue weighted by molar-refractivity contribution is 5.62. The van der Waals surface area contributed by atoms with Gasteiger partial charge in [-0.2, -0.15) is 0 Å². The van der Waals surface area contributed by atoms with E-state index in [9.17, 15) is 10.2 Å². The summed E-state index contributed by atoms with van der Waals surface area (Å²) in [6.07, 6.45) is 3.23. The second kappa shape index (κ2) is 6.94. The highest BCUT2D eigenvalue weighted by Crippen LogP contribution is 2.49. The van der Waals surface area contributed by atoms with Crippen LogP contribution in [0, 0.1) is 0 Å². The normalized spacial score (nSPS) is 25.0. The van der Waals surface area contributed by atoms with Crippen LogP contribution in [0.5, 0.6) is 5.75 Å². The van der Waals surface area contributed by atoms with Crippen LogP contribution in [0.15, 0.2) is 72.0 Å². The Kier molecular flexibility index (Phi) is 4.37. The van der Waals surface area contributed by atoms with E-state index in [1.165, 1.54) is 11.6 Å². The van der Waals surface area contributed by atoms with Gasteiger partial charge >= 0.3 is 0 Å². The lowest BCUT2D eigenvalue weighted by Gasteiger charge is -2.40. The van der Waals surface area contributed by atoms with Crippen LogP contribution in [0.4, 0.5) is 5.69 Å². The summed E-state index contributed by atoms with van der Waals surface area (Å²) in [5.74, 6) is -0.131. The number of hydrogen-bond donors (Lipinski definition) is 2. The minimum atomic E-state index is -1.85. The molecule has 0 spiro atoms. The predicted molar refractivity (Wildman–Crippen MR) is 111 cm³/mol. The van der Waals surface area contributed by atoms with E-state index in [-0.39, 0.29) is 18.3 Å². The summed E-state index contributed by atoms with van der Waals surface area (Å²) in [6, 6.07) is 16.6. The van der Waals surface area contributed by atoms with Crippen LogP contribution in [0.2, 0.25) is 0 Å². The molecular weight excluding hydrogens is 366 g/mol. The Bertz CT molecular complexity index is 980. The SMILES string of the molecule is CN1CCOc2ccc([C@H]3C4=C(C=CC(O)(O)C4)OC[C@H]3c3ccccc3)cc21. The van der Waals surface area contributed by atoms with E-state index in [0.29, 0.717) is 13.2 Å². The lowest BCUT2D eigenvalue weighted by atomic mass is 9.72. The average Bonchev–Trinajstić information content (AvgIpc) is 2.73. The van der Waals surface area contributed by atoms with Crippen molar-refractivity contribution < 1.29 is 19.7 Å². The third-order valence-corrected chi connectivity index (χ3v) is 6.13. The fraction of sp³-hybridized carbons (Fsp3) is 0.333. The molecule has 2 aromatic carbocycles. The number of aliphatic hydroxyl groups is 2. The standard InChI is InChI=1S/C24H25NO4/c1-25-11-12-28-22-8-7-17(13-20(22)25)23-18-14-24(26,27)10-9-21(18)29-15-19(23)16-5-3-2-4-6-16/h2-10,13,19,23,26-27H,11-12,14-15H2,1H3/t19-,23-/m0/s1. The third kappa shape index (κ3) is 3.30. The molecule has 1 aliphatic carbocycles. The molecule has 2 atom stereocenters. The van der Waals surface area contributed by atoms with Crippen molar-refractivity contribution in [3.05, 3.63) is 83.1 Å². The number of ether oxygens (including phenoxy) is 2. The smallest absolute Gasteiger partial charge is 0.187 e. The van der Waals surface area contributed by atoms with Gasteiger partial charge in [0.15, 0.2) is 5.79 Å². The first-order valence-corrected chi connectivity index (χ1v) is 10.0. The van der Waals surface area contributed by atoms with Crippen molar-refractivity contribution in [2.45, 2.75) is 24.0 Å². The molecule has 150 valence electrons. The van der Waals surface area contributed by atoms with Crippen molar-refractivity contribution >= 4 is 5.69 Å². The second-order valence-electron chi connectivity index (χ2n) is 8.08. The summed E-state index contributed by atoms with van der Waals surface area (Å²) in [5.41, 5.74) is 4.32. The first-order chi connectivity index (χ1) is 14.0. The maximum atomic E-state index is 10.3. The first kappa shape index (κ1) is 18.3. The van der Waals surface area contributed by atoms with Gasteiger partial charge in [0.25, 0.3) is 0 Å². The van der Waals surface area contributed by atoms with E-state index >= 15 is 0 Å². The van der Waals surface area contributed by atoms with Gasteiger partial charge in [0.2, 0.25) is 0 Å². The molecule has 0 radical (unpaired) electrons. The molecule has 5 nitrogen and oxygen atoms in total. The molecular formula is C24H25NO4. The van der Waals surface area contributed by atoms with Crippen LogP contribution >= 0.6 is 0 Å². The van der Waals surface area contributed by atoms with Crippen molar-refractivity contribution in [2.24, 2.45) is 0 Å². The minimum Gasteiger partial charge on any atom is -0.493 e. The summed E-state index contributed by atoms with van der Waals surface area (Å²) < 4.78 is 11.9. The van der Waals surface area contributed by atoms with Crippen molar-refractivity contribution in [3.8, 4) is 5.75 Å². The molecule has 0 bridgehead atoms. The van der Waals surface area contributed by atoms with Crippen LogP contribution in [-0.4, -0.2) is 42.8 Å². The van der Waals surface area contributed by atoms with Gasteiger partial charge in [0.05, 0.1) is 18.8 Å². The molecule has 0 aromatic heterocycles. The highest BCUT2D eigenvalue weighted by Gasteiger charge is 2.40. The van der Waals surface area contributed by atoms with Crippen LogP contribution < -0.4 is 9.64 Å². The van der Waals surface area contributed by atoms with Gasteiger partial charge in [-0.1, -0.05) is 36.4 Å². The molecule has 2 heterocycles. The number of hydrogen-bond acceptors (Lipinski definition) is 5. The summed E-state index contributed by atoms with van der Waals surface area (Å²) >= 11 is 0. The fourth-order valence-corrected chi connectivity index (χ4v) is 4.65. The van der Waals surface area contributed by atoms with Crippen LogP contribution in [-0.2, 0) is 4.74 Å². The topological polar surface area (TPSA) is 62.2 Å². The van der Waals surface area contributed by atoms with Crippen molar-refractivity contribution in [3.63, 3.8) is 0 Å². The Morgan fingerprint density at radius 2 is 1.86 bits per heavy atom. The highest BCUT2D eigenvalue weighted by atomic mass is 16.5. The van der Waals surface area contributed by atoms with E-state index < -0.39 is 5.79 Å². The molecule has 0 saturated carbocycles. The zero-order chi connectivity index (χ0) is 20.0. The quantitative estimate of drug-likeness (QED) is 0.769. The molecule has 29 heavy (non-hydrogen) atoms. The van der Waals surface area contributed by atoms with Crippen molar-refractivity contribution in [1.82, 2.24) is 0 Å². The van der Waals surface area contributed by atoms with Crippen LogP contribution in [0.1, 0.15) is 29.4 Å². The molecule has 2 N–H and O–H groups in total. The molecule has 0 amide bonds. The van der Waals surface area contributed by atoms with E-state index in [4.69, 9.17) is 9.47 Å². The zero-order valence-corrected chi connectivity index (χ0v) is 16.4. The molecule has 0 fully saturated rings. The van der Waals surface area contributed by atoms with Gasteiger partial charge in [0.1, 0.15) is 18.1 Å². The number of anilines is 1. The number of rotatable bonds is 2. The van der Waals surface area contributed by atoms with E-state index in [1.807, 2.05) is 24.3 Å². The summed E-state index contributed by atoms with van der Waals surface area (Å²) in [5, 5.41) is 20.6. The summed E-state index contributed by atoms with van der Waals surface area (Å²) in [4.78, 5) is 2.21. The largest absolute Gasteiger partial charge is 0.493 e. The Morgan fingerprint density at radius 3 is 2.69 bits per heavy atom. The van der Waals surface area contributed by atoms with Gasteiger partial charge in [-0.3, -0.25) is 0 Å². The van der Waals surface area contributed by atoms with E-state index in [2.05, 4.69) is 36.2 Å². The second-order valence-corrected chi connectivity index (χ2v) is 8.08. The number of benzene rings is 2. The van der Waals surface area contributed by atoms with Gasteiger partial charge in [-0.15, -0.1) is 0 Å². The molecule has 2 aromatic rings. The van der Waals surface area contributed by atoms with E-state index in [1.54, 1.807) is 6.08 Å². The Balaban J connectivity index is 1.64. The van der Waals surface area contributed by atoms with Gasteiger partial charge < -0.3 is 24.6 Å². The molecule has 0 unspecified atom stereocenters. The van der Waals surface area contributed by atoms with Gasteiger partial charge in [-0.25, -0.2) is 0 Å². The van der Waals surface area contributed by atoms with Crippen LogP contribution in [0.25, 0.3) is 0 Å². The van der Waals surface area contributed by atoms with Crippen LogP contribution in [0.3, 0.4) is 0 Å². The molecule has 5 rings (SSSR count). The number of nitrogens with zero attached hydrogens (tertiary/aromatic N) is 1. The first-order valence-electron chi connectivity index (χ1n) is 10.0. The molecule has 3 aliphatic rings. The lowest BCUT2D eigenvalue weighted by Crippen LogP contribution is -2.35. The Labute approximate surface area is 170 Å². The number of likely N-dealkylation sites (N-methyl/N-ethyl adjacent to an activating group) is 1. The number of fused-ring (bicyclic) bond motifs is 1. The minimum absolute atomic E-state index is 0.00889. The maximum Gasteiger partial charge on any atom is 0.187 e. The average molecular weight is 391 g/mol. The van der Waals surface area contributed by atoms with Gasteiger partial charge in [0, 0.05) is 25.3 Å². The Morgan fingerprint density at radius 1 is 1.03 bits per heavy atom.